The number of rotatable bonds is 4. The van der Waals surface area contributed by atoms with Crippen molar-refractivity contribution in [2.45, 2.75) is 12.1 Å². The molecule has 2 heterocycles. The van der Waals surface area contributed by atoms with E-state index >= 15 is 0 Å². The summed E-state index contributed by atoms with van der Waals surface area (Å²) in [5.74, 6) is -1.64. The van der Waals surface area contributed by atoms with Gasteiger partial charge in [-0.1, -0.05) is 86.1 Å². The Hall–Kier alpha value is -2.00. The molecule has 1 saturated heterocycles. The Kier molecular flexibility index (Phi) is 6.69. The number of carbonyl (C=O) groups excluding carboxylic acids is 3. The summed E-state index contributed by atoms with van der Waals surface area (Å²) in [5.41, 5.74) is 0.761. The maximum atomic E-state index is 13.6. The average Bonchev–Trinajstić information content (AvgIpc) is 3.10. The van der Waals surface area contributed by atoms with Crippen LogP contribution in [0.25, 0.3) is 0 Å². The SMILES string of the molecule is COc1ccc(N2C(=O)[C@H](N3C(=O)c4c(Cl)c(Cl)c(Cl)c(Cl)c4C3=O)[C@@H]2c2cccc(Br)c2)cc1Cl. The van der Waals surface area contributed by atoms with Crippen molar-refractivity contribution in [3.8, 4) is 5.75 Å². The van der Waals surface area contributed by atoms with Crippen LogP contribution in [-0.2, 0) is 4.79 Å². The summed E-state index contributed by atoms with van der Waals surface area (Å²) in [6, 6.07) is 10.2. The number of methoxy groups -OCH3 is 1. The van der Waals surface area contributed by atoms with E-state index in [1.807, 2.05) is 6.07 Å². The van der Waals surface area contributed by atoms with Crippen LogP contribution in [0.5, 0.6) is 5.75 Å². The van der Waals surface area contributed by atoms with Crippen molar-refractivity contribution < 1.29 is 19.1 Å². The maximum Gasteiger partial charge on any atom is 0.264 e. The molecule has 0 bridgehead atoms. The normalized spacial score (nSPS) is 19.0. The predicted octanol–water partition coefficient (Wildman–Crippen LogP) is 7.48. The van der Waals surface area contributed by atoms with E-state index in [1.54, 1.807) is 36.4 Å². The molecule has 1 fully saturated rings. The highest BCUT2D eigenvalue weighted by Crippen LogP contribution is 2.49. The molecule has 6 nitrogen and oxygen atoms in total. The highest BCUT2D eigenvalue weighted by molar-refractivity contribution is 9.10. The number of amides is 3. The van der Waals surface area contributed by atoms with E-state index in [9.17, 15) is 14.4 Å². The predicted molar refractivity (Wildman–Crippen MR) is 143 cm³/mol. The minimum Gasteiger partial charge on any atom is -0.495 e. The molecule has 2 atom stereocenters. The second-order valence-corrected chi connectivity index (χ2v) is 10.8. The summed E-state index contributed by atoms with van der Waals surface area (Å²) < 4.78 is 5.96. The van der Waals surface area contributed by atoms with Gasteiger partial charge in [0.25, 0.3) is 17.7 Å². The molecule has 3 amide bonds. The van der Waals surface area contributed by atoms with Gasteiger partial charge in [0.15, 0.2) is 0 Å². The number of hydrogen-bond donors (Lipinski definition) is 0. The third-order valence-corrected chi connectivity index (χ3v) is 8.67. The number of carbonyl (C=O) groups is 3. The Morgan fingerprint density at radius 3 is 1.92 bits per heavy atom. The van der Waals surface area contributed by atoms with Crippen LogP contribution in [0.1, 0.15) is 32.3 Å². The third kappa shape index (κ3) is 3.71. The van der Waals surface area contributed by atoms with Crippen LogP contribution >= 0.6 is 73.9 Å². The lowest BCUT2D eigenvalue weighted by Gasteiger charge is -2.49. The molecule has 0 spiro atoms. The summed E-state index contributed by atoms with van der Waals surface area (Å²) in [5, 5.41) is -0.410. The lowest BCUT2D eigenvalue weighted by Crippen LogP contribution is -2.67. The van der Waals surface area contributed by atoms with Crippen molar-refractivity contribution in [1.82, 2.24) is 4.90 Å². The second-order valence-electron chi connectivity index (χ2n) is 7.96. The van der Waals surface area contributed by atoms with E-state index in [0.29, 0.717) is 22.0 Å². The minimum absolute atomic E-state index is 0.150. The summed E-state index contributed by atoms with van der Waals surface area (Å²) in [6.45, 7) is 0. The Bertz CT molecular complexity index is 1450. The first-order chi connectivity index (χ1) is 17.1. The number of β-lactam (4-membered cyclic amide) rings is 1. The number of halogens is 6. The molecule has 0 saturated carbocycles. The molecule has 12 heteroatoms. The number of hydrogen-bond acceptors (Lipinski definition) is 4. The van der Waals surface area contributed by atoms with Gasteiger partial charge < -0.3 is 9.64 Å². The van der Waals surface area contributed by atoms with Gasteiger partial charge in [0.05, 0.1) is 49.4 Å². The Morgan fingerprint density at radius 2 is 1.39 bits per heavy atom. The average molecular weight is 650 g/mol. The fourth-order valence-corrected chi connectivity index (χ4v) is 6.14. The molecule has 0 radical (unpaired) electrons. The quantitative estimate of drug-likeness (QED) is 0.127. The van der Waals surface area contributed by atoms with E-state index in [0.717, 1.165) is 9.37 Å². The molecule has 2 aliphatic rings. The summed E-state index contributed by atoms with van der Waals surface area (Å²) in [7, 11) is 1.48. The van der Waals surface area contributed by atoms with Crippen LogP contribution in [-0.4, -0.2) is 35.8 Å². The van der Waals surface area contributed by atoms with E-state index in [-0.39, 0.29) is 31.2 Å². The van der Waals surface area contributed by atoms with E-state index in [2.05, 4.69) is 15.9 Å². The molecule has 184 valence electrons. The zero-order chi connectivity index (χ0) is 26.0. The zero-order valence-corrected chi connectivity index (χ0v) is 23.4. The van der Waals surface area contributed by atoms with E-state index < -0.39 is 29.8 Å². The van der Waals surface area contributed by atoms with Gasteiger partial charge in [-0.25, -0.2) is 0 Å². The molecule has 0 unspecified atom stereocenters. The summed E-state index contributed by atoms with van der Waals surface area (Å²) in [4.78, 5) is 42.9. The topological polar surface area (TPSA) is 66.9 Å². The Balaban J connectivity index is 1.63. The van der Waals surface area contributed by atoms with Crippen molar-refractivity contribution in [3.05, 3.63) is 88.7 Å². The third-order valence-electron chi connectivity index (χ3n) is 6.08. The maximum absolute atomic E-state index is 13.6. The molecule has 0 aliphatic carbocycles. The highest BCUT2D eigenvalue weighted by atomic mass is 79.9. The lowest BCUT2D eigenvalue weighted by atomic mass is 9.86. The second kappa shape index (κ2) is 9.39. The molecular weight excluding hydrogens is 637 g/mol. The van der Waals surface area contributed by atoms with Crippen molar-refractivity contribution in [3.63, 3.8) is 0 Å². The lowest BCUT2D eigenvalue weighted by molar-refractivity contribution is -0.130. The number of benzene rings is 3. The van der Waals surface area contributed by atoms with Gasteiger partial charge in [0.2, 0.25) is 0 Å². The van der Waals surface area contributed by atoms with E-state index in [1.165, 1.54) is 12.0 Å². The largest absolute Gasteiger partial charge is 0.495 e. The molecule has 3 aromatic carbocycles. The van der Waals surface area contributed by atoms with Crippen molar-refractivity contribution >= 4 is 97.3 Å². The Morgan fingerprint density at radius 1 is 0.778 bits per heavy atom. The van der Waals surface area contributed by atoms with Crippen LogP contribution in [0, 0.1) is 0 Å². The molecule has 3 aromatic rings. The van der Waals surface area contributed by atoms with Gasteiger partial charge in [-0.05, 0) is 35.9 Å². The van der Waals surface area contributed by atoms with Gasteiger partial charge >= 0.3 is 0 Å². The van der Waals surface area contributed by atoms with Gasteiger partial charge in [-0.2, -0.15) is 0 Å². The fourth-order valence-electron chi connectivity index (χ4n) is 4.46. The standard InChI is InChI=1S/C24H12BrCl5N2O4/c1-36-13-6-5-11(8-12(13)26)31-20(9-3-2-4-10(25)7-9)21(24(31)35)32-22(33)14-15(23(32)34)17(28)19(30)18(29)16(14)27/h2-8,20-21H,1H3/t20-,21+/m0/s1. The van der Waals surface area contributed by atoms with Crippen LogP contribution in [0.15, 0.2) is 46.9 Å². The smallest absolute Gasteiger partial charge is 0.264 e. The van der Waals surface area contributed by atoms with Gasteiger partial charge in [-0.15, -0.1) is 0 Å². The summed E-state index contributed by atoms with van der Waals surface area (Å²) in [6.07, 6.45) is 0. The van der Waals surface area contributed by atoms with Gasteiger partial charge in [0, 0.05) is 10.2 Å². The minimum atomic E-state index is -1.18. The number of imide groups is 1. The van der Waals surface area contributed by atoms with Gasteiger partial charge in [0.1, 0.15) is 11.8 Å². The first-order valence-corrected chi connectivity index (χ1v) is 12.9. The first-order valence-electron chi connectivity index (χ1n) is 10.2. The molecular formula is C24H12BrCl5N2O4. The molecule has 0 N–H and O–H groups in total. The fraction of sp³-hybridized carbons (Fsp3) is 0.125. The van der Waals surface area contributed by atoms with Crippen LogP contribution in [0.4, 0.5) is 5.69 Å². The Labute approximate surface area is 238 Å². The number of fused-ring (bicyclic) bond motifs is 1. The molecule has 0 aromatic heterocycles. The molecule has 36 heavy (non-hydrogen) atoms. The van der Waals surface area contributed by atoms with Crippen LogP contribution < -0.4 is 9.64 Å². The number of ether oxygens (including phenoxy) is 1. The van der Waals surface area contributed by atoms with Crippen molar-refractivity contribution in [2.75, 3.05) is 12.0 Å². The molecule has 2 aliphatic heterocycles. The van der Waals surface area contributed by atoms with Crippen molar-refractivity contribution in [1.29, 1.82) is 0 Å². The zero-order valence-electron chi connectivity index (χ0n) is 18.0. The first kappa shape index (κ1) is 25.6. The van der Waals surface area contributed by atoms with Crippen LogP contribution in [0.3, 0.4) is 0 Å². The van der Waals surface area contributed by atoms with Gasteiger partial charge in [-0.3, -0.25) is 19.3 Å². The number of nitrogens with zero attached hydrogens (tertiary/aromatic N) is 2. The summed E-state index contributed by atoms with van der Waals surface area (Å²) >= 11 is 34.6. The molecule has 5 rings (SSSR count). The van der Waals surface area contributed by atoms with Crippen LogP contribution in [0.2, 0.25) is 25.1 Å². The monoisotopic (exact) mass is 646 g/mol. The number of anilines is 1. The van der Waals surface area contributed by atoms with Crippen molar-refractivity contribution in [2.24, 2.45) is 0 Å². The highest BCUT2D eigenvalue weighted by Gasteiger charge is 2.58. The van der Waals surface area contributed by atoms with E-state index in [4.69, 9.17) is 62.7 Å².